The lowest BCUT2D eigenvalue weighted by Crippen LogP contribution is -2.36. The van der Waals surface area contributed by atoms with E-state index in [0.717, 1.165) is 10.6 Å². The third-order valence-electron chi connectivity index (χ3n) is 4.73. The first kappa shape index (κ1) is 16.8. The van der Waals surface area contributed by atoms with Crippen LogP contribution >= 0.6 is 11.3 Å². The van der Waals surface area contributed by atoms with Crippen LogP contribution in [0.15, 0.2) is 42.0 Å². The first-order valence-electron chi connectivity index (χ1n) is 8.48. The van der Waals surface area contributed by atoms with Crippen LogP contribution in [-0.2, 0) is 6.54 Å². The minimum absolute atomic E-state index is 0.0844. The largest absolute Gasteiger partial charge is 0.488 e. The van der Waals surface area contributed by atoms with Crippen molar-refractivity contribution in [1.82, 2.24) is 14.8 Å². The van der Waals surface area contributed by atoms with Crippen molar-refractivity contribution in [1.29, 1.82) is 0 Å². The molecule has 0 radical (unpaired) electrons. The number of carbonyl (C=O) groups is 1. The number of amides is 1. The van der Waals surface area contributed by atoms with Crippen molar-refractivity contribution < 1.29 is 9.53 Å². The maximum atomic E-state index is 12.6. The van der Waals surface area contributed by atoms with Crippen molar-refractivity contribution in [3.8, 4) is 16.3 Å². The summed E-state index contributed by atoms with van der Waals surface area (Å²) in [7, 11) is 0. The maximum absolute atomic E-state index is 12.6. The number of thiazole rings is 1. The van der Waals surface area contributed by atoms with Crippen molar-refractivity contribution >= 4 is 22.9 Å². The molecule has 7 heteroatoms. The van der Waals surface area contributed by atoms with Gasteiger partial charge >= 0.3 is 0 Å². The fourth-order valence-electron chi connectivity index (χ4n) is 2.83. The Morgan fingerprint density at radius 1 is 1.35 bits per heavy atom. The highest BCUT2D eigenvalue weighted by Gasteiger charge is 2.30. The monoisotopic (exact) mass is 368 g/mol. The average Bonchev–Trinajstić information content (AvgIpc) is 3.24. The number of rotatable bonds is 0. The highest BCUT2D eigenvalue weighted by molar-refractivity contribution is 7.13. The number of ether oxygens (including phenoxy) is 1. The summed E-state index contributed by atoms with van der Waals surface area (Å²) in [6.07, 6.45) is 3.67. The third kappa shape index (κ3) is 3.10. The zero-order valence-corrected chi connectivity index (χ0v) is 15.7. The first-order chi connectivity index (χ1) is 12.4. The Bertz CT molecular complexity index is 960. The molecular formula is C19H20N4O2S. The van der Waals surface area contributed by atoms with Gasteiger partial charge in [-0.2, -0.15) is 5.10 Å². The van der Waals surface area contributed by atoms with Crippen molar-refractivity contribution in [3.05, 3.63) is 47.7 Å². The van der Waals surface area contributed by atoms with Crippen LogP contribution in [0.4, 0.5) is 5.69 Å². The number of fused-ring (bicyclic) bond motifs is 6. The van der Waals surface area contributed by atoms with Gasteiger partial charge in [-0.15, -0.1) is 11.3 Å². The molecule has 1 unspecified atom stereocenters. The Kier molecular flexibility index (Phi) is 4.03. The number of aromatic nitrogens is 3. The average molecular weight is 368 g/mol. The second-order valence-corrected chi connectivity index (χ2v) is 8.02. The van der Waals surface area contributed by atoms with Crippen LogP contribution in [0.5, 0.6) is 5.75 Å². The van der Waals surface area contributed by atoms with E-state index in [1.54, 1.807) is 11.6 Å². The van der Waals surface area contributed by atoms with E-state index >= 15 is 0 Å². The summed E-state index contributed by atoms with van der Waals surface area (Å²) in [4.78, 5) is 17.1. The van der Waals surface area contributed by atoms with Crippen molar-refractivity contribution in [3.63, 3.8) is 0 Å². The normalized spacial score (nSPS) is 19.0. The van der Waals surface area contributed by atoms with E-state index in [-0.39, 0.29) is 17.4 Å². The predicted molar refractivity (Wildman–Crippen MR) is 102 cm³/mol. The summed E-state index contributed by atoms with van der Waals surface area (Å²) >= 11 is 1.44. The lowest BCUT2D eigenvalue weighted by molar-refractivity contribution is 0.0716. The summed E-state index contributed by atoms with van der Waals surface area (Å²) in [5, 5.41) is 9.93. The van der Waals surface area contributed by atoms with Gasteiger partial charge in [-0.3, -0.25) is 9.48 Å². The molecule has 26 heavy (non-hydrogen) atoms. The molecular weight excluding hydrogens is 348 g/mol. The van der Waals surface area contributed by atoms with E-state index in [9.17, 15) is 4.79 Å². The summed E-state index contributed by atoms with van der Waals surface area (Å²) in [6.45, 7) is 7.04. The second kappa shape index (κ2) is 6.25. The van der Waals surface area contributed by atoms with E-state index in [2.05, 4.69) is 29.2 Å². The number of anilines is 1. The van der Waals surface area contributed by atoms with Gasteiger partial charge in [0.25, 0.3) is 5.91 Å². The number of nitrogens with one attached hydrogen (secondary N) is 1. The SMILES string of the molecule is CC1Oc2ccccc2NC(=O)c2csc(n2)-c2cnn(c2)CC1(C)C. The van der Waals surface area contributed by atoms with E-state index in [1.807, 2.05) is 42.1 Å². The third-order valence-corrected chi connectivity index (χ3v) is 5.62. The van der Waals surface area contributed by atoms with E-state index in [1.165, 1.54) is 11.3 Å². The predicted octanol–water partition coefficient (Wildman–Crippen LogP) is 4.07. The molecule has 1 aromatic carbocycles. The van der Waals surface area contributed by atoms with Crippen molar-refractivity contribution in [2.75, 3.05) is 5.32 Å². The molecule has 0 fully saturated rings. The summed E-state index contributed by atoms with van der Waals surface area (Å²) in [5.74, 6) is 0.398. The number of para-hydroxylation sites is 2. The van der Waals surface area contributed by atoms with Gasteiger partial charge in [0.15, 0.2) is 0 Å². The Labute approximate surface area is 155 Å². The summed E-state index contributed by atoms with van der Waals surface area (Å²) in [5.41, 5.74) is 1.78. The van der Waals surface area contributed by atoms with Gasteiger partial charge in [-0.05, 0) is 19.1 Å². The first-order valence-corrected chi connectivity index (χ1v) is 9.36. The van der Waals surface area contributed by atoms with Gasteiger partial charge < -0.3 is 10.1 Å². The number of hydrogen-bond donors (Lipinski definition) is 1. The zero-order chi connectivity index (χ0) is 18.3. The van der Waals surface area contributed by atoms with Gasteiger partial charge in [0.2, 0.25) is 0 Å². The molecule has 6 nitrogen and oxygen atoms in total. The van der Waals surface area contributed by atoms with Crippen LogP contribution < -0.4 is 10.1 Å². The van der Waals surface area contributed by atoms with Crippen molar-refractivity contribution in [2.24, 2.45) is 5.41 Å². The van der Waals surface area contributed by atoms with Gasteiger partial charge in [0.1, 0.15) is 22.6 Å². The standard InChI is InChI=1S/C19H20N4O2S/c1-12-19(2,3)11-23-9-13(8-20-23)18-22-15(10-26-18)17(24)21-14-6-4-5-7-16(14)25-12/h4-10,12H,11H2,1-3H3,(H,21,24). The number of carbonyl (C=O) groups excluding carboxylic acids is 1. The second-order valence-electron chi connectivity index (χ2n) is 7.16. The zero-order valence-electron chi connectivity index (χ0n) is 14.9. The van der Waals surface area contributed by atoms with Gasteiger partial charge in [0, 0.05) is 29.1 Å². The van der Waals surface area contributed by atoms with Gasteiger partial charge in [0.05, 0.1) is 11.9 Å². The van der Waals surface area contributed by atoms with Crippen LogP contribution in [0.1, 0.15) is 31.3 Å². The molecule has 0 saturated carbocycles. The smallest absolute Gasteiger partial charge is 0.275 e. The van der Waals surface area contributed by atoms with E-state index in [0.29, 0.717) is 23.7 Å². The Hall–Kier alpha value is -2.67. The van der Waals surface area contributed by atoms with Crippen molar-refractivity contribution in [2.45, 2.75) is 33.4 Å². The number of nitrogens with zero attached hydrogens (tertiary/aromatic N) is 3. The minimum atomic E-state index is -0.250. The van der Waals surface area contributed by atoms with Crippen LogP contribution in [0, 0.1) is 5.41 Å². The molecule has 1 aliphatic rings. The molecule has 0 spiro atoms. The molecule has 3 aromatic rings. The Morgan fingerprint density at radius 2 is 2.15 bits per heavy atom. The molecule has 1 N–H and O–H groups in total. The Morgan fingerprint density at radius 3 is 3.00 bits per heavy atom. The van der Waals surface area contributed by atoms with Crippen LogP contribution in [-0.4, -0.2) is 26.8 Å². The summed E-state index contributed by atoms with van der Waals surface area (Å²) < 4.78 is 8.13. The van der Waals surface area contributed by atoms with E-state index < -0.39 is 0 Å². The lowest BCUT2D eigenvalue weighted by Gasteiger charge is -2.32. The number of hydrogen-bond acceptors (Lipinski definition) is 5. The molecule has 2 aromatic heterocycles. The van der Waals surface area contributed by atoms with Crippen LogP contribution in [0.25, 0.3) is 10.6 Å². The molecule has 4 bridgehead atoms. The Balaban J connectivity index is 1.80. The lowest BCUT2D eigenvalue weighted by atomic mass is 9.87. The molecule has 0 saturated heterocycles. The highest BCUT2D eigenvalue weighted by Crippen LogP contribution is 2.33. The van der Waals surface area contributed by atoms with Crippen LogP contribution in [0.2, 0.25) is 0 Å². The topological polar surface area (TPSA) is 69.0 Å². The molecule has 3 heterocycles. The molecule has 0 aliphatic carbocycles. The van der Waals surface area contributed by atoms with E-state index in [4.69, 9.17) is 4.74 Å². The fraction of sp³-hybridized carbons (Fsp3) is 0.316. The molecule has 4 rings (SSSR count). The van der Waals surface area contributed by atoms with Crippen LogP contribution in [0.3, 0.4) is 0 Å². The molecule has 1 aliphatic heterocycles. The molecule has 1 atom stereocenters. The number of benzene rings is 1. The maximum Gasteiger partial charge on any atom is 0.275 e. The summed E-state index contributed by atoms with van der Waals surface area (Å²) in [6, 6.07) is 7.48. The molecule has 1 amide bonds. The van der Waals surface area contributed by atoms with Gasteiger partial charge in [-0.25, -0.2) is 4.98 Å². The molecule has 134 valence electrons. The quantitative estimate of drug-likeness (QED) is 0.649. The highest BCUT2D eigenvalue weighted by atomic mass is 32.1. The van der Waals surface area contributed by atoms with Gasteiger partial charge in [-0.1, -0.05) is 26.0 Å². The fourth-order valence-corrected chi connectivity index (χ4v) is 3.60. The minimum Gasteiger partial charge on any atom is -0.488 e.